The first-order valence-corrected chi connectivity index (χ1v) is 5.00. The lowest BCUT2D eigenvalue weighted by Crippen LogP contribution is -1.90. The summed E-state index contributed by atoms with van der Waals surface area (Å²) in [5.41, 5.74) is 1.15. The van der Waals surface area contributed by atoms with Gasteiger partial charge < -0.3 is 4.74 Å². The highest BCUT2D eigenvalue weighted by atomic mass is 32.1. The maximum atomic E-state index is 5.37. The van der Waals surface area contributed by atoms with E-state index < -0.39 is 0 Å². The molecule has 0 amide bonds. The Morgan fingerprint density at radius 1 is 1.46 bits per heavy atom. The van der Waals surface area contributed by atoms with Gasteiger partial charge in [0.15, 0.2) is 0 Å². The molecule has 0 aromatic heterocycles. The number of benzene rings is 1. The number of hydrogen-bond donors (Lipinski definition) is 1. The second-order valence-corrected chi connectivity index (χ2v) is 2.96. The Morgan fingerprint density at radius 3 is 3.00 bits per heavy atom. The average Bonchev–Trinajstić information content (AvgIpc) is 2.16. The van der Waals surface area contributed by atoms with Gasteiger partial charge in [-0.3, -0.25) is 0 Å². The Morgan fingerprint density at radius 2 is 2.31 bits per heavy atom. The van der Waals surface area contributed by atoms with E-state index in [1.54, 1.807) is 0 Å². The van der Waals surface area contributed by atoms with Crippen molar-refractivity contribution in [3.05, 3.63) is 35.9 Å². The van der Waals surface area contributed by atoms with Crippen molar-refractivity contribution in [2.45, 2.75) is 6.92 Å². The summed E-state index contributed by atoms with van der Waals surface area (Å²) in [5.74, 6) is 1.68. The van der Waals surface area contributed by atoms with Crippen LogP contribution in [0.25, 0.3) is 6.08 Å². The van der Waals surface area contributed by atoms with Crippen LogP contribution in [0.1, 0.15) is 12.5 Å². The lowest BCUT2D eigenvalue weighted by molar-refractivity contribution is 0.340. The predicted octanol–water partition coefficient (Wildman–Crippen LogP) is 3.03. The van der Waals surface area contributed by atoms with Crippen molar-refractivity contribution in [1.29, 1.82) is 0 Å². The molecule has 1 aromatic carbocycles. The van der Waals surface area contributed by atoms with E-state index in [1.165, 1.54) is 0 Å². The summed E-state index contributed by atoms with van der Waals surface area (Å²) in [4.78, 5) is 0. The number of hydrogen-bond acceptors (Lipinski definition) is 2. The molecule has 0 aliphatic carbocycles. The first-order valence-electron chi connectivity index (χ1n) is 4.37. The number of thiol groups is 1. The molecule has 0 heterocycles. The summed E-state index contributed by atoms with van der Waals surface area (Å²) in [5, 5.41) is 0. The van der Waals surface area contributed by atoms with Gasteiger partial charge in [0.05, 0.1) is 6.61 Å². The monoisotopic (exact) mass is 194 g/mol. The zero-order valence-corrected chi connectivity index (χ0v) is 8.63. The third kappa shape index (κ3) is 3.55. The van der Waals surface area contributed by atoms with Crippen LogP contribution in [-0.4, -0.2) is 12.4 Å². The summed E-state index contributed by atoms with van der Waals surface area (Å²) in [6.07, 6.45) is 4.05. The topological polar surface area (TPSA) is 9.23 Å². The quantitative estimate of drug-likeness (QED) is 0.725. The van der Waals surface area contributed by atoms with Crippen LogP contribution < -0.4 is 4.74 Å². The second-order valence-electron chi connectivity index (χ2n) is 2.59. The third-order valence-corrected chi connectivity index (χ3v) is 1.80. The summed E-state index contributed by atoms with van der Waals surface area (Å²) in [6, 6.07) is 8.01. The van der Waals surface area contributed by atoms with Crippen LogP contribution in [0.2, 0.25) is 0 Å². The molecule has 0 saturated heterocycles. The lowest BCUT2D eigenvalue weighted by Gasteiger charge is -2.02. The molecule has 0 aliphatic heterocycles. The van der Waals surface area contributed by atoms with Crippen LogP contribution in [-0.2, 0) is 0 Å². The number of ether oxygens (including phenoxy) is 1. The Kier molecular flexibility index (Phi) is 4.47. The predicted molar refractivity (Wildman–Crippen MR) is 60.5 cm³/mol. The summed E-state index contributed by atoms with van der Waals surface area (Å²) >= 11 is 4.10. The highest BCUT2D eigenvalue weighted by Gasteiger charge is 1.91. The van der Waals surface area contributed by atoms with E-state index in [-0.39, 0.29) is 0 Å². The highest BCUT2D eigenvalue weighted by molar-refractivity contribution is 7.80. The van der Waals surface area contributed by atoms with Gasteiger partial charge in [-0.1, -0.05) is 24.3 Å². The maximum absolute atomic E-state index is 5.37. The van der Waals surface area contributed by atoms with Gasteiger partial charge in [-0.25, -0.2) is 0 Å². The minimum atomic E-state index is 0.708. The molecular weight excluding hydrogens is 180 g/mol. The minimum absolute atomic E-state index is 0.708. The van der Waals surface area contributed by atoms with Crippen molar-refractivity contribution in [2.24, 2.45) is 0 Å². The number of rotatable bonds is 4. The Hall–Kier alpha value is -0.890. The molecule has 0 unspecified atom stereocenters. The van der Waals surface area contributed by atoms with Gasteiger partial charge in [-0.05, 0) is 24.6 Å². The highest BCUT2D eigenvalue weighted by Crippen LogP contribution is 2.14. The zero-order valence-electron chi connectivity index (χ0n) is 7.73. The fourth-order valence-corrected chi connectivity index (χ4v) is 1.17. The maximum Gasteiger partial charge on any atom is 0.119 e. The molecule has 0 spiro atoms. The molecule has 0 N–H and O–H groups in total. The van der Waals surface area contributed by atoms with Crippen molar-refractivity contribution in [3.63, 3.8) is 0 Å². The van der Waals surface area contributed by atoms with Crippen LogP contribution in [0, 0.1) is 0 Å². The fraction of sp³-hybridized carbons (Fsp3) is 0.273. The third-order valence-electron chi connectivity index (χ3n) is 1.58. The van der Waals surface area contributed by atoms with E-state index in [9.17, 15) is 0 Å². The molecule has 0 radical (unpaired) electrons. The minimum Gasteiger partial charge on any atom is -0.494 e. The van der Waals surface area contributed by atoms with Crippen LogP contribution in [0.4, 0.5) is 0 Å². The van der Waals surface area contributed by atoms with Gasteiger partial charge in [-0.15, -0.1) is 0 Å². The molecule has 0 atom stereocenters. The Labute approximate surface area is 84.8 Å². The van der Waals surface area contributed by atoms with E-state index >= 15 is 0 Å². The summed E-state index contributed by atoms with van der Waals surface area (Å²) < 4.78 is 5.37. The molecule has 1 aromatic rings. The molecule has 1 rings (SSSR count). The lowest BCUT2D eigenvalue weighted by atomic mass is 10.2. The van der Waals surface area contributed by atoms with Crippen LogP contribution in [0.15, 0.2) is 30.3 Å². The average molecular weight is 194 g/mol. The zero-order chi connectivity index (χ0) is 9.52. The normalized spacial score (nSPS) is 10.6. The molecule has 0 aliphatic rings. The van der Waals surface area contributed by atoms with Gasteiger partial charge in [0, 0.05) is 5.75 Å². The van der Waals surface area contributed by atoms with Gasteiger partial charge >= 0.3 is 0 Å². The molecule has 0 bridgehead atoms. The van der Waals surface area contributed by atoms with E-state index in [0.29, 0.717) is 6.61 Å². The van der Waals surface area contributed by atoms with E-state index in [1.807, 2.05) is 43.3 Å². The second kappa shape index (κ2) is 5.70. The van der Waals surface area contributed by atoms with Gasteiger partial charge in [0.25, 0.3) is 0 Å². The summed E-state index contributed by atoms with van der Waals surface area (Å²) in [7, 11) is 0. The van der Waals surface area contributed by atoms with Gasteiger partial charge in [-0.2, -0.15) is 12.6 Å². The van der Waals surface area contributed by atoms with E-state index in [2.05, 4.69) is 12.6 Å². The summed E-state index contributed by atoms with van der Waals surface area (Å²) in [6.45, 7) is 2.69. The van der Waals surface area contributed by atoms with Crippen LogP contribution in [0.5, 0.6) is 5.75 Å². The van der Waals surface area contributed by atoms with Crippen molar-refractivity contribution in [2.75, 3.05) is 12.4 Å². The van der Waals surface area contributed by atoms with Crippen LogP contribution in [0.3, 0.4) is 0 Å². The van der Waals surface area contributed by atoms with Crippen LogP contribution >= 0.6 is 12.6 Å². The fourth-order valence-electron chi connectivity index (χ4n) is 1.06. The van der Waals surface area contributed by atoms with Crippen molar-refractivity contribution >= 4 is 18.7 Å². The smallest absolute Gasteiger partial charge is 0.119 e. The van der Waals surface area contributed by atoms with Crippen molar-refractivity contribution < 1.29 is 4.74 Å². The molecular formula is C11H14OS. The first-order chi connectivity index (χ1) is 6.36. The molecule has 1 nitrogen and oxygen atoms in total. The molecule has 2 heteroatoms. The Balaban J connectivity index is 2.73. The first kappa shape index (κ1) is 10.2. The Bertz CT molecular complexity index is 281. The molecule has 0 fully saturated rings. The molecule has 13 heavy (non-hydrogen) atoms. The van der Waals surface area contributed by atoms with Gasteiger partial charge in [0.1, 0.15) is 5.75 Å². The van der Waals surface area contributed by atoms with Gasteiger partial charge in [0.2, 0.25) is 0 Å². The van der Waals surface area contributed by atoms with E-state index in [0.717, 1.165) is 17.1 Å². The van der Waals surface area contributed by atoms with Crippen molar-refractivity contribution in [1.82, 2.24) is 0 Å². The van der Waals surface area contributed by atoms with Crippen molar-refractivity contribution in [3.8, 4) is 5.75 Å². The SMILES string of the molecule is CCOc1cccc(C=CCS)c1. The molecule has 0 saturated carbocycles. The standard InChI is InChI=1S/C11H14OS/c1-2-12-11-7-3-5-10(9-11)6-4-8-13/h3-7,9,13H,2,8H2,1H3. The molecule has 70 valence electrons. The van der Waals surface area contributed by atoms with E-state index in [4.69, 9.17) is 4.74 Å². The largest absolute Gasteiger partial charge is 0.494 e.